The molecule has 0 spiro atoms. The van der Waals surface area contributed by atoms with Crippen molar-refractivity contribution >= 4 is 17.4 Å². The van der Waals surface area contributed by atoms with Crippen molar-refractivity contribution in [2.24, 2.45) is 0 Å². The third-order valence-corrected chi connectivity index (χ3v) is 5.93. The summed E-state index contributed by atoms with van der Waals surface area (Å²) in [6.45, 7) is 3.88. The van der Waals surface area contributed by atoms with Crippen LogP contribution in [0.3, 0.4) is 0 Å². The van der Waals surface area contributed by atoms with E-state index in [1.807, 2.05) is 47.0 Å². The molecule has 0 saturated carbocycles. The largest absolute Gasteiger partial charge is 0.378 e. The number of benzene rings is 2. The maximum atomic E-state index is 13.6. The number of hydrogen-bond acceptors (Lipinski definition) is 5. The molecule has 1 aliphatic rings. The first-order chi connectivity index (χ1) is 17.2. The van der Waals surface area contributed by atoms with Gasteiger partial charge in [0.05, 0.1) is 26.1 Å². The summed E-state index contributed by atoms with van der Waals surface area (Å²) in [6.07, 6.45) is 5.18. The Bertz CT molecular complexity index is 1250. The van der Waals surface area contributed by atoms with Crippen molar-refractivity contribution in [3.63, 3.8) is 0 Å². The minimum atomic E-state index is -0.357. The number of carbonyl (C=O) groups is 1. The lowest BCUT2D eigenvalue weighted by atomic mass is 10.2. The van der Waals surface area contributed by atoms with Crippen LogP contribution in [0.25, 0.3) is 0 Å². The van der Waals surface area contributed by atoms with E-state index in [1.54, 1.807) is 35.8 Å². The van der Waals surface area contributed by atoms with Crippen LogP contribution in [0.5, 0.6) is 0 Å². The quantitative estimate of drug-likeness (QED) is 0.405. The van der Waals surface area contributed by atoms with Crippen LogP contribution in [0, 0.1) is 5.82 Å². The Labute approximate surface area is 203 Å². The van der Waals surface area contributed by atoms with Gasteiger partial charge in [-0.3, -0.25) is 4.79 Å². The van der Waals surface area contributed by atoms with Crippen molar-refractivity contribution in [2.75, 3.05) is 36.1 Å². The van der Waals surface area contributed by atoms with E-state index < -0.39 is 0 Å². The molecule has 1 saturated heterocycles. The summed E-state index contributed by atoms with van der Waals surface area (Å²) in [6, 6.07) is 19.8. The first kappa shape index (κ1) is 22.7. The molecule has 2 aromatic heterocycles. The molecule has 0 atom stereocenters. The molecule has 1 aliphatic heterocycles. The molecule has 8 heteroatoms. The highest BCUT2D eigenvalue weighted by atomic mass is 19.1. The lowest BCUT2D eigenvalue weighted by molar-refractivity contribution is 0.0980. The Kier molecular flexibility index (Phi) is 6.81. The molecular formula is C27H26FN5O2. The Hall–Kier alpha value is -4.04. The van der Waals surface area contributed by atoms with Crippen molar-refractivity contribution < 1.29 is 13.9 Å². The summed E-state index contributed by atoms with van der Waals surface area (Å²) >= 11 is 0. The number of morpholine rings is 1. The number of hydrogen-bond donors (Lipinski definition) is 0. The zero-order chi connectivity index (χ0) is 24.0. The van der Waals surface area contributed by atoms with Gasteiger partial charge in [-0.15, -0.1) is 0 Å². The second kappa shape index (κ2) is 10.5. The first-order valence-corrected chi connectivity index (χ1v) is 11.6. The van der Waals surface area contributed by atoms with Gasteiger partial charge < -0.3 is 19.1 Å². The van der Waals surface area contributed by atoms with Crippen LogP contribution < -0.4 is 9.80 Å². The number of pyridine rings is 1. The van der Waals surface area contributed by atoms with E-state index in [0.717, 1.165) is 30.0 Å². The van der Waals surface area contributed by atoms with Gasteiger partial charge in [-0.05, 0) is 41.5 Å². The van der Waals surface area contributed by atoms with E-state index >= 15 is 0 Å². The fraction of sp³-hybridized carbons (Fsp3) is 0.222. The lowest BCUT2D eigenvalue weighted by Gasteiger charge is -2.28. The number of carbonyl (C=O) groups excluding carboxylic acids is 1. The van der Waals surface area contributed by atoms with Crippen LogP contribution in [0.1, 0.15) is 21.6 Å². The third kappa shape index (κ3) is 5.55. The predicted molar refractivity (Wildman–Crippen MR) is 132 cm³/mol. The Balaban J connectivity index is 1.36. The van der Waals surface area contributed by atoms with Gasteiger partial charge in [-0.1, -0.05) is 36.4 Å². The average molecular weight is 472 g/mol. The minimum Gasteiger partial charge on any atom is -0.378 e. The molecule has 5 rings (SSSR count). The molecule has 35 heavy (non-hydrogen) atoms. The van der Waals surface area contributed by atoms with Crippen LogP contribution in [0.15, 0.2) is 85.5 Å². The molecule has 0 unspecified atom stereocenters. The standard InChI is InChI=1S/C27H26FN5O2/c28-23-7-9-24(10-8-23)33(18-22-6-11-26(29-16-22)32-12-14-35-15-13-32)27(34)25-19-31(20-30-25)17-21-4-2-1-3-5-21/h1-11,16,19-20H,12-15,17-18H2. The molecule has 4 aromatic rings. The van der Waals surface area contributed by atoms with E-state index in [4.69, 9.17) is 4.74 Å². The van der Waals surface area contributed by atoms with Crippen molar-refractivity contribution in [3.8, 4) is 0 Å². The van der Waals surface area contributed by atoms with Crippen molar-refractivity contribution in [3.05, 3.63) is 108 Å². The Morgan fingerprint density at radius 1 is 0.943 bits per heavy atom. The smallest absolute Gasteiger partial charge is 0.278 e. The molecule has 0 radical (unpaired) electrons. The summed E-state index contributed by atoms with van der Waals surface area (Å²) in [4.78, 5) is 26.3. The second-order valence-corrected chi connectivity index (χ2v) is 8.41. The zero-order valence-corrected chi connectivity index (χ0v) is 19.3. The number of halogens is 1. The number of imidazole rings is 1. The highest BCUT2D eigenvalue weighted by molar-refractivity contribution is 6.04. The Morgan fingerprint density at radius 3 is 2.43 bits per heavy atom. The first-order valence-electron chi connectivity index (χ1n) is 11.6. The summed E-state index contributed by atoms with van der Waals surface area (Å²) in [5.41, 5.74) is 2.89. The number of nitrogens with zero attached hydrogens (tertiary/aromatic N) is 5. The third-order valence-electron chi connectivity index (χ3n) is 5.93. The van der Waals surface area contributed by atoms with Gasteiger partial charge in [0.2, 0.25) is 0 Å². The maximum Gasteiger partial charge on any atom is 0.278 e. The van der Waals surface area contributed by atoms with E-state index in [-0.39, 0.29) is 18.3 Å². The molecule has 1 amide bonds. The highest BCUT2D eigenvalue weighted by Gasteiger charge is 2.21. The van der Waals surface area contributed by atoms with Gasteiger partial charge in [0.15, 0.2) is 0 Å². The number of rotatable bonds is 7. The molecule has 178 valence electrons. The average Bonchev–Trinajstić information content (AvgIpc) is 3.37. The molecule has 0 aliphatic carbocycles. The molecule has 0 N–H and O–H groups in total. The van der Waals surface area contributed by atoms with Crippen molar-refractivity contribution in [1.29, 1.82) is 0 Å². The summed E-state index contributed by atoms with van der Waals surface area (Å²) in [5.74, 6) is 0.266. The van der Waals surface area contributed by atoms with Crippen LogP contribution >= 0.6 is 0 Å². The second-order valence-electron chi connectivity index (χ2n) is 8.41. The van der Waals surface area contributed by atoms with Crippen molar-refractivity contribution in [2.45, 2.75) is 13.1 Å². The molecule has 3 heterocycles. The van der Waals surface area contributed by atoms with E-state index in [0.29, 0.717) is 31.1 Å². The van der Waals surface area contributed by atoms with Crippen LogP contribution in [-0.4, -0.2) is 46.7 Å². The maximum absolute atomic E-state index is 13.6. The predicted octanol–water partition coefficient (Wildman–Crippen LogP) is 4.15. The topological polar surface area (TPSA) is 63.5 Å². The fourth-order valence-electron chi connectivity index (χ4n) is 4.06. The summed E-state index contributed by atoms with van der Waals surface area (Å²) in [5, 5.41) is 0. The summed E-state index contributed by atoms with van der Waals surface area (Å²) in [7, 11) is 0. The van der Waals surface area contributed by atoms with Gasteiger partial charge in [-0.25, -0.2) is 14.4 Å². The minimum absolute atomic E-state index is 0.263. The number of amides is 1. The Morgan fingerprint density at radius 2 is 1.71 bits per heavy atom. The van der Waals surface area contributed by atoms with E-state index in [9.17, 15) is 9.18 Å². The number of anilines is 2. The van der Waals surface area contributed by atoms with E-state index in [2.05, 4.69) is 14.9 Å². The van der Waals surface area contributed by atoms with Gasteiger partial charge >= 0.3 is 0 Å². The van der Waals surface area contributed by atoms with E-state index in [1.165, 1.54) is 12.1 Å². The fourth-order valence-corrected chi connectivity index (χ4v) is 4.06. The lowest BCUT2D eigenvalue weighted by Crippen LogP contribution is -2.36. The number of ether oxygens (including phenoxy) is 1. The van der Waals surface area contributed by atoms with Crippen molar-refractivity contribution in [1.82, 2.24) is 14.5 Å². The van der Waals surface area contributed by atoms with Crippen LogP contribution in [0.2, 0.25) is 0 Å². The van der Waals surface area contributed by atoms with Gasteiger partial charge in [0.1, 0.15) is 17.3 Å². The molecule has 1 fully saturated rings. The number of aromatic nitrogens is 3. The zero-order valence-electron chi connectivity index (χ0n) is 19.3. The van der Waals surface area contributed by atoms with Gasteiger partial charge in [0, 0.05) is 37.7 Å². The monoisotopic (exact) mass is 471 g/mol. The summed E-state index contributed by atoms with van der Waals surface area (Å²) < 4.78 is 20.9. The molecule has 2 aromatic carbocycles. The van der Waals surface area contributed by atoms with Gasteiger partial charge in [-0.2, -0.15) is 0 Å². The normalized spacial score (nSPS) is 13.6. The molecule has 0 bridgehead atoms. The SMILES string of the molecule is O=C(c1cn(Cc2ccccc2)cn1)N(Cc1ccc(N2CCOCC2)nc1)c1ccc(F)cc1. The molecular weight excluding hydrogens is 445 g/mol. The van der Waals surface area contributed by atoms with Crippen LogP contribution in [-0.2, 0) is 17.8 Å². The molecule has 7 nitrogen and oxygen atoms in total. The van der Waals surface area contributed by atoms with Crippen LogP contribution in [0.4, 0.5) is 15.9 Å². The van der Waals surface area contributed by atoms with Gasteiger partial charge in [0.25, 0.3) is 5.91 Å². The highest BCUT2D eigenvalue weighted by Crippen LogP contribution is 2.22.